The molecule has 26 heavy (non-hydrogen) atoms. The van der Waals surface area contributed by atoms with Gasteiger partial charge in [0.25, 0.3) is 0 Å². The second kappa shape index (κ2) is 9.46. The van der Waals surface area contributed by atoms with Gasteiger partial charge in [0.05, 0.1) is 6.04 Å². The molecule has 0 aliphatic heterocycles. The van der Waals surface area contributed by atoms with Crippen molar-refractivity contribution in [3.8, 4) is 0 Å². The third-order valence-electron chi connectivity index (χ3n) is 4.09. The summed E-state index contributed by atoms with van der Waals surface area (Å²) in [6, 6.07) is 12.8. The smallest absolute Gasteiger partial charge is 0.220 e. The van der Waals surface area contributed by atoms with Gasteiger partial charge in [-0.05, 0) is 56.1 Å². The van der Waals surface area contributed by atoms with Gasteiger partial charge in [-0.25, -0.2) is 4.39 Å². The number of ketones is 1. The van der Waals surface area contributed by atoms with Gasteiger partial charge in [-0.3, -0.25) is 9.59 Å². The minimum absolute atomic E-state index is 0.102. The molecule has 0 bridgehead atoms. The fraction of sp³-hybridized carbons (Fsp3) is 0.300. The molecule has 138 valence electrons. The van der Waals surface area contributed by atoms with Crippen LogP contribution in [0.15, 0.2) is 48.5 Å². The van der Waals surface area contributed by atoms with Crippen LogP contribution < -0.4 is 5.32 Å². The van der Waals surface area contributed by atoms with E-state index in [1.165, 1.54) is 12.1 Å². The number of likely N-dealkylation sites (N-methyl/N-ethyl adjacent to an activating group) is 1. The number of halogens is 2. The molecule has 2 aromatic rings. The first kappa shape index (κ1) is 20.1. The van der Waals surface area contributed by atoms with E-state index in [1.54, 1.807) is 30.3 Å². The lowest BCUT2D eigenvalue weighted by Crippen LogP contribution is -2.34. The van der Waals surface area contributed by atoms with Gasteiger partial charge in [0.15, 0.2) is 5.78 Å². The van der Waals surface area contributed by atoms with E-state index in [4.69, 9.17) is 11.6 Å². The number of benzene rings is 2. The highest BCUT2D eigenvalue weighted by molar-refractivity contribution is 6.30. The highest BCUT2D eigenvalue weighted by Gasteiger charge is 2.16. The molecule has 6 heteroatoms. The fourth-order valence-electron chi connectivity index (χ4n) is 2.62. The van der Waals surface area contributed by atoms with Crippen LogP contribution in [0.3, 0.4) is 0 Å². The van der Waals surface area contributed by atoms with E-state index in [0.29, 0.717) is 17.1 Å². The largest absolute Gasteiger partial charge is 0.354 e. The van der Waals surface area contributed by atoms with Crippen molar-refractivity contribution in [3.63, 3.8) is 0 Å². The van der Waals surface area contributed by atoms with Crippen molar-refractivity contribution in [2.75, 3.05) is 20.6 Å². The second-order valence-electron chi connectivity index (χ2n) is 6.27. The Kier molecular flexibility index (Phi) is 7.30. The summed E-state index contributed by atoms with van der Waals surface area (Å²) in [4.78, 5) is 26.1. The molecule has 0 saturated carbocycles. The third kappa shape index (κ3) is 5.93. The zero-order valence-corrected chi connectivity index (χ0v) is 15.6. The Labute approximate surface area is 158 Å². The number of carbonyl (C=O) groups excluding carboxylic acids is 2. The Morgan fingerprint density at radius 3 is 2.42 bits per heavy atom. The predicted octanol–water partition coefficient (Wildman–Crippen LogP) is 3.86. The molecule has 1 amide bonds. The topological polar surface area (TPSA) is 49.4 Å². The summed E-state index contributed by atoms with van der Waals surface area (Å²) in [7, 11) is 3.73. The third-order valence-corrected chi connectivity index (χ3v) is 4.35. The molecular weight excluding hydrogens is 355 g/mol. The number of rotatable bonds is 8. The molecule has 1 unspecified atom stereocenters. The van der Waals surface area contributed by atoms with Crippen molar-refractivity contribution in [2.24, 2.45) is 0 Å². The molecule has 2 aromatic carbocycles. The average molecular weight is 377 g/mol. The van der Waals surface area contributed by atoms with Crippen molar-refractivity contribution in [3.05, 3.63) is 70.5 Å². The van der Waals surface area contributed by atoms with E-state index in [-0.39, 0.29) is 36.4 Å². The van der Waals surface area contributed by atoms with E-state index in [9.17, 15) is 14.0 Å². The maximum atomic E-state index is 13.4. The van der Waals surface area contributed by atoms with Crippen molar-refractivity contribution in [1.82, 2.24) is 10.2 Å². The van der Waals surface area contributed by atoms with Gasteiger partial charge in [0.2, 0.25) is 5.91 Å². The second-order valence-corrected chi connectivity index (χ2v) is 6.70. The van der Waals surface area contributed by atoms with Gasteiger partial charge in [-0.2, -0.15) is 0 Å². The highest BCUT2D eigenvalue weighted by Crippen LogP contribution is 2.18. The number of Topliss-reactive ketones (excluding diaryl/α,β-unsaturated/α-hetero) is 1. The number of amides is 1. The van der Waals surface area contributed by atoms with Gasteiger partial charge in [-0.1, -0.05) is 23.7 Å². The molecule has 0 aliphatic carbocycles. The van der Waals surface area contributed by atoms with Crippen LogP contribution in [0.1, 0.15) is 34.8 Å². The first-order valence-electron chi connectivity index (χ1n) is 8.34. The normalized spacial score (nSPS) is 12.0. The summed E-state index contributed by atoms with van der Waals surface area (Å²) in [5, 5.41) is 3.38. The van der Waals surface area contributed by atoms with Crippen LogP contribution in [0.4, 0.5) is 4.39 Å². The van der Waals surface area contributed by atoms with Crippen molar-refractivity contribution < 1.29 is 14.0 Å². The average Bonchev–Trinajstić information content (AvgIpc) is 2.60. The Bertz CT molecular complexity index is 763. The summed E-state index contributed by atoms with van der Waals surface area (Å²) in [5.41, 5.74) is 1.32. The van der Waals surface area contributed by atoms with Gasteiger partial charge in [0, 0.05) is 30.0 Å². The quantitative estimate of drug-likeness (QED) is 0.712. The number of carbonyl (C=O) groups is 2. The lowest BCUT2D eigenvalue weighted by Gasteiger charge is -2.25. The standard InChI is InChI=1S/C20H22ClFN2O2/c1-24(2)18(15-4-3-5-17(22)12-15)13-23-20(26)11-10-19(25)14-6-8-16(21)9-7-14/h3-9,12,18H,10-11,13H2,1-2H3,(H,23,26). The SMILES string of the molecule is CN(C)C(CNC(=O)CCC(=O)c1ccc(Cl)cc1)c1cccc(F)c1. The van der Waals surface area contributed by atoms with E-state index in [2.05, 4.69) is 5.32 Å². The Balaban J connectivity index is 1.86. The van der Waals surface area contributed by atoms with Crippen LogP contribution >= 0.6 is 11.6 Å². The van der Waals surface area contributed by atoms with E-state index < -0.39 is 0 Å². The molecule has 1 N–H and O–H groups in total. The summed E-state index contributed by atoms with van der Waals surface area (Å²) in [5.74, 6) is -0.629. The summed E-state index contributed by atoms with van der Waals surface area (Å²) >= 11 is 5.80. The lowest BCUT2D eigenvalue weighted by molar-refractivity contribution is -0.121. The van der Waals surface area contributed by atoms with Crippen LogP contribution in [0.2, 0.25) is 5.02 Å². The van der Waals surface area contributed by atoms with E-state index in [0.717, 1.165) is 5.56 Å². The number of hydrogen-bond acceptors (Lipinski definition) is 3. The van der Waals surface area contributed by atoms with Crippen LogP contribution in [0, 0.1) is 5.82 Å². The lowest BCUT2D eigenvalue weighted by atomic mass is 10.0. The van der Waals surface area contributed by atoms with E-state index >= 15 is 0 Å². The number of hydrogen-bond donors (Lipinski definition) is 1. The first-order chi connectivity index (χ1) is 12.4. The predicted molar refractivity (Wildman–Crippen MR) is 101 cm³/mol. The maximum absolute atomic E-state index is 13.4. The molecule has 0 heterocycles. The molecule has 0 aliphatic rings. The summed E-state index contributed by atoms with van der Waals surface area (Å²) in [6.07, 6.45) is 0.227. The van der Waals surface area contributed by atoms with E-state index in [1.807, 2.05) is 25.1 Å². The molecule has 0 radical (unpaired) electrons. The van der Waals surface area contributed by atoms with Crippen LogP contribution in [-0.2, 0) is 4.79 Å². The van der Waals surface area contributed by atoms with Gasteiger partial charge in [-0.15, -0.1) is 0 Å². The maximum Gasteiger partial charge on any atom is 0.220 e. The van der Waals surface area contributed by atoms with Crippen LogP contribution in [0.5, 0.6) is 0 Å². The Morgan fingerprint density at radius 2 is 1.81 bits per heavy atom. The van der Waals surface area contributed by atoms with Gasteiger partial charge in [0.1, 0.15) is 5.82 Å². The summed E-state index contributed by atoms with van der Waals surface area (Å²) in [6.45, 7) is 0.338. The first-order valence-corrected chi connectivity index (χ1v) is 8.72. The van der Waals surface area contributed by atoms with Crippen molar-refractivity contribution >= 4 is 23.3 Å². The molecule has 0 aromatic heterocycles. The summed E-state index contributed by atoms with van der Waals surface area (Å²) < 4.78 is 13.4. The minimum Gasteiger partial charge on any atom is -0.354 e. The molecule has 4 nitrogen and oxygen atoms in total. The zero-order valence-electron chi connectivity index (χ0n) is 14.8. The molecule has 0 spiro atoms. The molecule has 1 atom stereocenters. The Morgan fingerprint density at radius 1 is 1.12 bits per heavy atom. The van der Waals surface area contributed by atoms with Gasteiger partial charge >= 0.3 is 0 Å². The van der Waals surface area contributed by atoms with Gasteiger partial charge < -0.3 is 10.2 Å². The molecule has 0 fully saturated rings. The monoisotopic (exact) mass is 376 g/mol. The van der Waals surface area contributed by atoms with Crippen LogP contribution in [-0.4, -0.2) is 37.2 Å². The van der Waals surface area contributed by atoms with Crippen molar-refractivity contribution in [1.29, 1.82) is 0 Å². The highest BCUT2D eigenvalue weighted by atomic mass is 35.5. The number of nitrogens with one attached hydrogen (secondary N) is 1. The minimum atomic E-state index is -0.311. The van der Waals surface area contributed by atoms with Crippen molar-refractivity contribution in [2.45, 2.75) is 18.9 Å². The molecule has 0 saturated heterocycles. The Hall–Kier alpha value is -2.24. The van der Waals surface area contributed by atoms with Crippen LogP contribution in [0.25, 0.3) is 0 Å². The molecule has 2 rings (SSSR count). The fourth-order valence-corrected chi connectivity index (χ4v) is 2.74. The zero-order chi connectivity index (χ0) is 19.1. The number of nitrogens with zero attached hydrogens (tertiary/aromatic N) is 1. The molecular formula is C20H22ClFN2O2.